The molecule has 0 bridgehead atoms. The maximum Gasteiger partial charge on any atom is 0.265 e. The maximum atomic E-state index is 13.3. The number of rotatable bonds is 5. The molecule has 2 aromatic carbocycles. The topological polar surface area (TPSA) is 94.0 Å². The van der Waals surface area contributed by atoms with Crippen LogP contribution in [-0.2, 0) is 20.9 Å². The van der Waals surface area contributed by atoms with Crippen LogP contribution in [0.25, 0.3) is 10.9 Å². The van der Waals surface area contributed by atoms with Gasteiger partial charge >= 0.3 is 0 Å². The first-order valence-electron chi connectivity index (χ1n) is 11.9. The van der Waals surface area contributed by atoms with Crippen molar-refractivity contribution >= 4 is 28.4 Å². The van der Waals surface area contributed by atoms with Gasteiger partial charge in [0.15, 0.2) is 6.10 Å². The summed E-state index contributed by atoms with van der Waals surface area (Å²) in [6.45, 7) is 4.49. The molecule has 1 unspecified atom stereocenters. The van der Waals surface area contributed by atoms with Gasteiger partial charge in [-0.2, -0.15) is 0 Å². The van der Waals surface area contributed by atoms with Gasteiger partial charge in [0.25, 0.3) is 11.5 Å². The Kier molecular flexibility index (Phi) is 6.50. The normalized spacial score (nSPS) is 17.7. The molecule has 0 spiro atoms. The van der Waals surface area contributed by atoms with E-state index >= 15 is 0 Å². The third kappa shape index (κ3) is 4.64. The number of carbonyl (C=O) groups excluding carboxylic acids is 2. The van der Waals surface area contributed by atoms with E-state index in [4.69, 9.17) is 9.47 Å². The predicted octanol–water partition coefficient (Wildman–Crippen LogP) is 2.14. The second kappa shape index (κ2) is 9.87. The van der Waals surface area contributed by atoms with Crippen LogP contribution in [-0.4, -0.2) is 65.2 Å². The summed E-state index contributed by atoms with van der Waals surface area (Å²) in [5, 5.41) is 0.574. The fourth-order valence-corrected chi connectivity index (χ4v) is 4.62. The Morgan fingerprint density at radius 3 is 2.71 bits per heavy atom. The summed E-state index contributed by atoms with van der Waals surface area (Å²) in [5.41, 5.74) is 2.20. The Bertz CT molecular complexity index is 1310. The Morgan fingerprint density at radius 1 is 1.09 bits per heavy atom. The summed E-state index contributed by atoms with van der Waals surface area (Å²) in [6, 6.07) is 12.8. The van der Waals surface area contributed by atoms with E-state index in [1.165, 1.54) is 0 Å². The van der Waals surface area contributed by atoms with Crippen molar-refractivity contribution in [1.82, 2.24) is 14.5 Å². The zero-order valence-corrected chi connectivity index (χ0v) is 19.7. The number of carbonyl (C=O) groups is 2. The zero-order valence-electron chi connectivity index (χ0n) is 19.7. The number of ether oxygens (including phenoxy) is 2. The highest BCUT2D eigenvalue weighted by molar-refractivity contribution is 5.97. The molecule has 5 rings (SSSR count). The van der Waals surface area contributed by atoms with Crippen molar-refractivity contribution in [2.24, 2.45) is 0 Å². The highest BCUT2D eigenvalue weighted by atomic mass is 16.5. The van der Waals surface area contributed by atoms with Crippen molar-refractivity contribution in [2.45, 2.75) is 32.4 Å². The zero-order chi connectivity index (χ0) is 24.4. The molecule has 9 nitrogen and oxygen atoms in total. The molecule has 2 aliphatic heterocycles. The number of anilines is 1. The lowest BCUT2D eigenvalue weighted by Crippen LogP contribution is -2.54. The highest BCUT2D eigenvalue weighted by Gasteiger charge is 2.36. The summed E-state index contributed by atoms with van der Waals surface area (Å²) in [5.74, 6) is 0.270. The Morgan fingerprint density at radius 2 is 1.89 bits per heavy atom. The lowest BCUT2D eigenvalue weighted by Gasteiger charge is -2.37. The molecule has 3 aromatic rings. The van der Waals surface area contributed by atoms with Crippen LogP contribution < -0.4 is 15.2 Å². The fourth-order valence-electron chi connectivity index (χ4n) is 4.62. The molecule has 2 amide bonds. The van der Waals surface area contributed by atoms with E-state index in [0.717, 1.165) is 5.56 Å². The van der Waals surface area contributed by atoms with Crippen LogP contribution in [0.3, 0.4) is 0 Å². The van der Waals surface area contributed by atoms with Crippen LogP contribution in [0.2, 0.25) is 0 Å². The van der Waals surface area contributed by atoms with Gasteiger partial charge in [0.05, 0.1) is 42.7 Å². The van der Waals surface area contributed by atoms with Crippen molar-refractivity contribution in [2.75, 3.05) is 37.7 Å². The van der Waals surface area contributed by atoms with Crippen LogP contribution in [0, 0.1) is 6.92 Å². The lowest BCUT2D eigenvalue weighted by molar-refractivity contribution is -0.142. The van der Waals surface area contributed by atoms with Gasteiger partial charge in [-0.05, 0) is 37.1 Å². The molecule has 0 radical (unpaired) electrons. The number of nitrogens with zero attached hydrogens (tertiary/aromatic N) is 4. The molecule has 0 saturated carbocycles. The van der Waals surface area contributed by atoms with Crippen LogP contribution in [0.1, 0.15) is 18.4 Å². The second-order valence-electron chi connectivity index (χ2n) is 8.83. The molecule has 1 fully saturated rings. The first kappa shape index (κ1) is 23.0. The van der Waals surface area contributed by atoms with E-state index in [2.05, 4.69) is 4.98 Å². The number of benzene rings is 2. The molecule has 1 aromatic heterocycles. The maximum absolute atomic E-state index is 13.3. The van der Waals surface area contributed by atoms with Gasteiger partial charge < -0.3 is 19.3 Å². The Balaban J connectivity index is 1.28. The average molecular weight is 477 g/mol. The lowest BCUT2D eigenvalue weighted by atomic mass is 10.1. The molecule has 0 N–H and O–H groups in total. The van der Waals surface area contributed by atoms with Crippen molar-refractivity contribution in [1.29, 1.82) is 0 Å². The minimum atomic E-state index is -0.762. The van der Waals surface area contributed by atoms with Crippen molar-refractivity contribution in [3.63, 3.8) is 0 Å². The van der Waals surface area contributed by atoms with E-state index in [9.17, 15) is 14.4 Å². The van der Waals surface area contributed by atoms with Gasteiger partial charge in [-0.15, -0.1) is 0 Å². The molecular formula is C26H28N4O5. The summed E-state index contributed by atoms with van der Waals surface area (Å²) < 4.78 is 12.9. The van der Waals surface area contributed by atoms with E-state index in [1.54, 1.807) is 32.8 Å². The van der Waals surface area contributed by atoms with Gasteiger partial charge in [-0.25, -0.2) is 4.98 Å². The standard InChI is InChI=1S/C26H28N4O5/c1-18-6-4-7-19-24(18)27-17-29(25(19)32)11-5-10-23(31)30-16-22(26(33)28-12-14-34-15-13-28)35-21-9-3-2-8-20(21)30/h2-4,6-9,17,22H,5,10-16H2,1H3. The quantitative estimate of drug-likeness (QED) is 0.560. The number of aromatic nitrogens is 2. The number of morpholine rings is 1. The van der Waals surface area contributed by atoms with Crippen LogP contribution in [0.4, 0.5) is 5.69 Å². The van der Waals surface area contributed by atoms with E-state index < -0.39 is 6.10 Å². The van der Waals surface area contributed by atoms with Crippen molar-refractivity contribution in [3.05, 3.63) is 64.7 Å². The highest BCUT2D eigenvalue weighted by Crippen LogP contribution is 2.34. The molecule has 9 heteroatoms. The molecule has 35 heavy (non-hydrogen) atoms. The number of aryl methyl sites for hydroxylation is 2. The van der Waals surface area contributed by atoms with Gasteiger partial charge in [0, 0.05) is 26.1 Å². The van der Waals surface area contributed by atoms with Crippen LogP contribution in [0.15, 0.2) is 53.6 Å². The molecular weight excluding hydrogens is 448 g/mol. The Hall–Kier alpha value is -3.72. The summed E-state index contributed by atoms with van der Waals surface area (Å²) in [6.07, 6.45) is 1.48. The van der Waals surface area contributed by atoms with Gasteiger partial charge in [-0.1, -0.05) is 24.3 Å². The van der Waals surface area contributed by atoms with Crippen LogP contribution in [0.5, 0.6) is 5.75 Å². The monoisotopic (exact) mass is 476 g/mol. The first-order chi connectivity index (χ1) is 17.0. The van der Waals surface area contributed by atoms with Crippen molar-refractivity contribution < 1.29 is 19.1 Å². The van der Waals surface area contributed by atoms with E-state index in [1.807, 2.05) is 37.3 Å². The van der Waals surface area contributed by atoms with Crippen LogP contribution >= 0.6 is 0 Å². The summed E-state index contributed by atoms with van der Waals surface area (Å²) >= 11 is 0. The SMILES string of the molecule is Cc1cccc2c(=O)n(CCCC(=O)N3CC(C(=O)N4CCOCC4)Oc4ccccc43)cnc12. The fraction of sp³-hybridized carbons (Fsp3) is 0.385. The second-order valence-corrected chi connectivity index (χ2v) is 8.83. The Labute approximate surface area is 202 Å². The third-order valence-corrected chi connectivity index (χ3v) is 6.52. The molecule has 182 valence electrons. The molecule has 2 aliphatic rings. The van der Waals surface area contributed by atoms with Gasteiger partial charge in [-0.3, -0.25) is 19.0 Å². The molecule has 3 heterocycles. The minimum absolute atomic E-state index is 0.112. The number of fused-ring (bicyclic) bond motifs is 2. The first-order valence-corrected chi connectivity index (χ1v) is 11.9. The number of para-hydroxylation sites is 3. The van der Waals surface area contributed by atoms with Gasteiger partial charge in [0.2, 0.25) is 5.91 Å². The smallest absolute Gasteiger partial charge is 0.265 e. The predicted molar refractivity (Wildman–Crippen MR) is 131 cm³/mol. The third-order valence-electron chi connectivity index (χ3n) is 6.52. The van der Waals surface area contributed by atoms with Gasteiger partial charge in [0.1, 0.15) is 5.75 Å². The summed E-state index contributed by atoms with van der Waals surface area (Å²) in [7, 11) is 0. The number of hydrogen-bond donors (Lipinski definition) is 0. The number of hydrogen-bond acceptors (Lipinski definition) is 6. The van der Waals surface area contributed by atoms with Crippen molar-refractivity contribution in [3.8, 4) is 5.75 Å². The summed E-state index contributed by atoms with van der Waals surface area (Å²) in [4.78, 5) is 47.0. The average Bonchev–Trinajstić information content (AvgIpc) is 2.89. The molecule has 1 saturated heterocycles. The molecule has 1 atom stereocenters. The molecule has 0 aliphatic carbocycles. The minimum Gasteiger partial charge on any atom is -0.476 e. The van der Waals surface area contributed by atoms with E-state index in [0.29, 0.717) is 61.6 Å². The number of amides is 2. The van der Waals surface area contributed by atoms with E-state index in [-0.39, 0.29) is 30.3 Å². The largest absolute Gasteiger partial charge is 0.476 e.